The van der Waals surface area contributed by atoms with Crippen LogP contribution in [0.5, 0.6) is 0 Å². The van der Waals surface area contributed by atoms with Crippen molar-refractivity contribution in [3.63, 3.8) is 0 Å². The van der Waals surface area contributed by atoms with E-state index in [1.165, 1.54) is 0 Å². The van der Waals surface area contributed by atoms with Gasteiger partial charge in [0, 0.05) is 57.4 Å². The number of nitrogens with zero attached hydrogens (tertiary/aromatic N) is 3. The van der Waals surface area contributed by atoms with Gasteiger partial charge in [0.05, 0.1) is 24.1 Å². The van der Waals surface area contributed by atoms with Crippen LogP contribution in [0, 0.1) is 0 Å². The Labute approximate surface area is 174 Å². The molecule has 3 heterocycles. The normalized spacial score (nSPS) is 20.6. The fraction of sp³-hybridized carbons (Fsp3) is 0.571. The van der Waals surface area contributed by atoms with Gasteiger partial charge in [-0.2, -0.15) is 0 Å². The molecule has 2 fully saturated rings. The molecular formula is C21H29N5O4. The third kappa shape index (κ3) is 4.48. The van der Waals surface area contributed by atoms with Gasteiger partial charge in [-0.25, -0.2) is 4.79 Å². The fourth-order valence-corrected chi connectivity index (χ4v) is 4.21. The lowest BCUT2D eigenvalue weighted by Crippen LogP contribution is -2.42. The molecule has 0 saturated carbocycles. The molecule has 2 aliphatic rings. The van der Waals surface area contributed by atoms with Gasteiger partial charge in [0.2, 0.25) is 0 Å². The Hall–Kier alpha value is -2.49. The van der Waals surface area contributed by atoms with Crippen LogP contribution >= 0.6 is 0 Å². The first kappa shape index (κ1) is 20.8. The maximum absolute atomic E-state index is 12.7. The number of carbonyl (C=O) groups is 1. The second-order valence-electron chi connectivity index (χ2n) is 7.95. The molecular weight excluding hydrogens is 386 g/mol. The van der Waals surface area contributed by atoms with Gasteiger partial charge in [0.25, 0.3) is 11.5 Å². The highest BCUT2D eigenvalue weighted by atomic mass is 16.5. The number of hydrogen-bond acceptors (Lipinski definition) is 6. The summed E-state index contributed by atoms with van der Waals surface area (Å²) in [6, 6.07) is 4.93. The Morgan fingerprint density at radius 1 is 1.17 bits per heavy atom. The summed E-state index contributed by atoms with van der Waals surface area (Å²) in [5, 5.41) is 3.50. The lowest BCUT2D eigenvalue weighted by molar-refractivity contribution is 0.0343. The molecule has 2 aliphatic heterocycles. The largest absolute Gasteiger partial charge is 0.379 e. The number of amides is 1. The quantitative estimate of drug-likeness (QED) is 0.681. The standard InChI is InChI=1S/C21H29N5O4/c1-2-26-20(28)17-4-3-15(13-18(17)23-21(26)29)19(27)22-16-5-6-25(14-16)8-7-24-9-11-30-12-10-24/h3-4,13,16H,2,5-12,14H2,1H3,(H,22,27)(H,23,29). The summed E-state index contributed by atoms with van der Waals surface area (Å²) in [6.45, 7) is 9.46. The lowest BCUT2D eigenvalue weighted by atomic mass is 10.1. The van der Waals surface area contributed by atoms with Gasteiger partial charge in [-0.1, -0.05) is 0 Å². The van der Waals surface area contributed by atoms with Crippen LogP contribution < -0.4 is 16.6 Å². The molecule has 0 radical (unpaired) electrons. The summed E-state index contributed by atoms with van der Waals surface area (Å²) in [5.41, 5.74) is 0.0358. The van der Waals surface area contributed by atoms with Crippen molar-refractivity contribution in [2.45, 2.75) is 25.9 Å². The molecule has 0 spiro atoms. The highest BCUT2D eigenvalue weighted by Gasteiger charge is 2.25. The molecule has 2 N–H and O–H groups in total. The van der Waals surface area contributed by atoms with Gasteiger partial charge in [0.1, 0.15) is 0 Å². The molecule has 30 heavy (non-hydrogen) atoms. The van der Waals surface area contributed by atoms with E-state index in [4.69, 9.17) is 4.74 Å². The number of aromatic nitrogens is 2. The van der Waals surface area contributed by atoms with E-state index in [0.29, 0.717) is 23.0 Å². The minimum atomic E-state index is -0.459. The van der Waals surface area contributed by atoms with E-state index in [0.717, 1.165) is 63.5 Å². The van der Waals surface area contributed by atoms with Crippen molar-refractivity contribution in [2.24, 2.45) is 0 Å². The number of rotatable bonds is 6. The third-order valence-corrected chi connectivity index (χ3v) is 6.00. The predicted molar refractivity (Wildman–Crippen MR) is 114 cm³/mol. The smallest absolute Gasteiger partial charge is 0.328 e. The van der Waals surface area contributed by atoms with Gasteiger partial charge in [0.15, 0.2) is 0 Å². The Kier molecular flexibility index (Phi) is 6.31. The van der Waals surface area contributed by atoms with E-state index in [1.54, 1.807) is 25.1 Å². The van der Waals surface area contributed by atoms with Gasteiger partial charge < -0.3 is 15.0 Å². The molecule has 2 saturated heterocycles. The van der Waals surface area contributed by atoms with Crippen molar-refractivity contribution in [3.8, 4) is 0 Å². The van der Waals surface area contributed by atoms with Crippen molar-refractivity contribution in [3.05, 3.63) is 44.6 Å². The summed E-state index contributed by atoms with van der Waals surface area (Å²) in [7, 11) is 0. The first-order valence-corrected chi connectivity index (χ1v) is 10.7. The Bertz CT molecular complexity index is 1020. The monoisotopic (exact) mass is 415 g/mol. The maximum atomic E-state index is 12.7. The van der Waals surface area contributed by atoms with Crippen LogP contribution in [0.25, 0.3) is 10.9 Å². The Morgan fingerprint density at radius 2 is 1.93 bits per heavy atom. The molecule has 162 valence electrons. The minimum Gasteiger partial charge on any atom is -0.379 e. The first-order valence-electron chi connectivity index (χ1n) is 10.7. The number of benzene rings is 1. The molecule has 0 aliphatic carbocycles. The number of H-pyrrole nitrogens is 1. The molecule has 1 aromatic carbocycles. The summed E-state index contributed by atoms with van der Waals surface area (Å²) >= 11 is 0. The number of ether oxygens (including phenoxy) is 1. The zero-order valence-corrected chi connectivity index (χ0v) is 17.4. The number of carbonyl (C=O) groups excluding carboxylic acids is 1. The second-order valence-corrected chi connectivity index (χ2v) is 7.95. The van der Waals surface area contributed by atoms with Crippen molar-refractivity contribution >= 4 is 16.8 Å². The number of morpholine rings is 1. The van der Waals surface area contributed by atoms with Gasteiger partial charge in [-0.05, 0) is 31.5 Å². The summed E-state index contributed by atoms with van der Waals surface area (Å²) < 4.78 is 6.53. The van der Waals surface area contributed by atoms with Gasteiger partial charge >= 0.3 is 5.69 Å². The van der Waals surface area contributed by atoms with Crippen molar-refractivity contribution in [2.75, 3.05) is 52.5 Å². The first-order chi connectivity index (χ1) is 14.5. The van der Waals surface area contributed by atoms with E-state index in [1.807, 2.05) is 0 Å². The summed E-state index contributed by atoms with van der Waals surface area (Å²) in [4.78, 5) is 44.6. The second kappa shape index (κ2) is 9.11. The van der Waals surface area contributed by atoms with E-state index in [9.17, 15) is 14.4 Å². The molecule has 1 aromatic heterocycles. The molecule has 2 aromatic rings. The van der Waals surface area contributed by atoms with Crippen LogP contribution in [0.3, 0.4) is 0 Å². The topological polar surface area (TPSA) is 99.7 Å². The molecule has 4 rings (SSSR count). The van der Waals surface area contributed by atoms with Crippen molar-refractivity contribution < 1.29 is 9.53 Å². The summed E-state index contributed by atoms with van der Waals surface area (Å²) in [5.74, 6) is -0.183. The molecule has 1 amide bonds. The van der Waals surface area contributed by atoms with E-state index in [-0.39, 0.29) is 17.5 Å². The Morgan fingerprint density at radius 3 is 2.70 bits per heavy atom. The van der Waals surface area contributed by atoms with Crippen LogP contribution in [-0.2, 0) is 11.3 Å². The average molecular weight is 415 g/mol. The van der Waals surface area contributed by atoms with E-state index >= 15 is 0 Å². The van der Waals surface area contributed by atoms with Crippen LogP contribution in [-0.4, -0.2) is 83.8 Å². The average Bonchev–Trinajstić information content (AvgIpc) is 3.20. The number of nitrogens with one attached hydrogen (secondary N) is 2. The number of fused-ring (bicyclic) bond motifs is 1. The molecule has 9 nitrogen and oxygen atoms in total. The van der Waals surface area contributed by atoms with Gasteiger partial charge in [-0.3, -0.25) is 24.0 Å². The zero-order chi connectivity index (χ0) is 21.1. The van der Waals surface area contributed by atoms with Crippen LogP contribution in [0.2, 0.25) is 0 Å². The van der Waals surface area contributed by atoms with Crippen molar-refractivity contribution in [1.29, 1.82) is 0 Å². The fourth-order valence-electron chi connectivity index (χ4n) is 4.21. The SMILES string of the molecule is CCn1c(=O)[nH]c2cc(C(=O)NC3CCN(CCN4CCOCC4)C3)ccc2c1=O. The predicted octanol–water partition coefficient (Wildman–Crippen LogP) is -0.154. The van der Waals surface area contributed by atoms with E-state index in [2.05, 4.69) is 20.1 Å². The molecule has 9 heteroatoms. The van der Waals surface area contributed by atoms with Crippen molar-refractivity contribution in [1.82, 2.24) is 24.7 Å². The molecule has 1 unspecified atom stereocenters. The number of likely N-dealkylation sites (tertiary alicyclic amines) is 1. The summed E-state index contributed by atoms with van der Waals surface area (Å²) in [6.07, 6.45) is 0.917. The number of hydrogen-bond donors (Lipinski definition) is 2. The maximum Gasteiger partial charge on any atom is 0.328 e. The van der Waals surface area contributed by atoms with Gasteiger partial charge in [-0.15, -0.1) is 0 Å². The zero-order valence-electron chi connectivity index (χ0n) is 17.4. The third-order valence-electron chi connectivity index (χ3n) is 6.00. The molecule has 1 atom stereocenters. The highest BCUT2D eigenvalue weighted by molar-refractivity contribution is 5.97. The lowest BCUT2D eigenvalue weighted by Gasteiger charge is -2.28. The molecule has 0 bridgehead atoms. The van der Waals surface area contributed by atoms with Crippen LogP contribution in [0.1, 0.15) is 23.7 Å². The Balaban J connectivity index is 1.36. The van der Waals surface area contributed by atoms with Crippen LogP contribution in [0.15, 0.2) is 27.8 Å². The number of aromatic amines is 1. The van der Waals surface area contributed by atoms with E-state index < -0.39 is 5.69 Å². The van der Waals surface area contributed by atoms with Crippen LogP contribution in [0.4, 0.5) is 0 Å². The minimum absolute atomic E-state index is 0.102. The highest BCUT2D eigenvalue weighted by Crippen LogP contribution is 2.13.